The van der Waals surface area contributed by atoms with E-state index in [1.54, 1.807) is 50.2 Å². The molecular formula is C19H22FNO3. The Labute approximate surface area is 141 Å². The van der Waals surface area contributed by atoms with Gasteiger partial charge in [-0.2, -0.15) is 0 Å². The fraction of sp³-hybridized carbons (Fsp3) is 0.316. The van der Waals surface area contributed by atoms with E-state index in [0.29, 0.717) is 12.0 Å². The highest BCUT2D eigenvalue weighted by atomic mass is 19.1. The second-order valence-corrected chi connectivity index (χ2v) is 6.36. The molecule has 0 unspecified atom stereocenters. The molecule has 0 aliphatic heterocycles. The van der Waals surface area contributed by atoms with Crippen LogP contribution in [0.1, 0.15) is 25.0 Å². The SMILES string of the molecule is CC(C)(C(=O)N[C@H](CO)Cc1ccc(O)cc1)c1ccc(F)cc1. The van der Waals surface area contributed by atoms with Crippen LogP contribution in [0.15, 0.2) is 48.5 Å². The fourth-order valence-electron chi connectivity index (χ4n) is 2.44. The topological polar surface area (TPSA) is 69.6 Å². The first-order valence-corrected chi connectivity index (χ1v) is 7.78. The van der Waals surface area contributed by atoms with Crippen LogP contribution in [0.2, 0.25) is 0 Å². The molecular weight excluding hydrogens is 309 g/mol. The normalized spacial score (nSPS) is 12.7. The Balaban J connectivity index is 2.07. The van der Waals surface area contributed by atoms with Crippen LogP contribution in [0.3, 0.4) is 0 Å². The molecule has 0 saturated carbocycles. The minimum Gasteiger partial charge on any atom is -0.508 e. The molecule has 0 aliphatic carbocycles. The van der Waals surface area contributed by atoms with E-state index in [4.69, 9.17) is 0 Å². The molecule has 0 saturated heterocycles. The molecule has 2 rings (SSSR count). The number of phenols is 1. The van der Waals surface area contributed by atoms with Gasteiger partial charge in [-0.05, 0) is 55.7 Å². The number of carbonyl (C=O) groups excluding carboxylic acids is 1. The van der Waals surface area contributed by atoms with Crippen molar-refractivity contribution in [3.63, 3.8) is 0 Å². The number of aliphatic hydroxyl groups is 1. The summed E-state index contributed by atoms with van der Waals surface area (Å²) in [4.78, 5) is 12.6. The van der Waals surface area contributed by atoms with Crippen LogP contribution >= 0.6 is 0 Å². The lowest BCUT2D eigenvalue weighted by Gasteiger charge is -2.27. The van der Waals surface area contributed by atoms with Crippen LogP contribution in [0, 0.1) is 5.82 Å². The van der Waals surface area contributed by atoms with E-state index < -0.39 is 11.5 Å². The number of phenolic OH excluding ortho intramolecular Hbond substituents is 1. The van der Waals surface area contributed by atoms with Crippen molar-refractivity contribution in [1.29, 1.82) is 0 Å². The van der Waals surface area contributed by atoms with Crippen molar-refractivity contribution in [1.82, 2.24) is 5.32 Å². The highest BCUT2D eigenvalue weighted by Gasteiger charge is 2.31. The van der Waals surface area contributed by atoms with Crippen molar-refractivity contribution < 1.29 is 19.4 Å². The molecule has 0 bridgehead atoms. The van der Waals surface area contributed by atoms with E-state index in [9.17, 15) is 19.4 Å². The third-order valence-electron chi connectivity index (χ3n) is 4.11. The Kier molecular flexibility index (Phi) is 5.57. The summed E-state index contributed by atoms with van der Waals surface area (Å²) in [5.41, 5.74) is 0.741. The van der Waals surface area contributed by atoms with Gasteiger partial charge in [0.15, 0.2) is 0 Å². The second kappa shape index (κ2) is 7.45. The zero-order valence-corrected chi connectivity index (χ0v) is 13.8. The van der Waals surface area contributed by atoms with Gasteiger partial charge >= 0.3 is 0 Å². The average Bonchev–Trinajstić information content (AvgIpc) is 2.56. The van der Waals surface area contributed by atoms with Crippen LogP contribution in [-0.4, -0.2) is 28.8 Å². The molecule has 2 aromatic rings. The maximum atomic E-state index is 13.1. The Hall–Kier alpha value is -2.40. The Bertz CT molecular complexity index is 681. The summed E-state index contributed by atoms with van der Waals surface area (Å²) >= 11 is 0. The highest BCUT2D eigenvalue weighted by Crippen LogP contribution is 2.24. The molecule has 128 valence electrons. The van der Waals surface area contributed by atoms with Crippen LogP contribution in [0.25, 0.3) is 0 Å². The van der Waals surface area contributed by atoms with Gasteiger partial charge in [-0.3, -0.25) is 4.79 Å². The molecule has 1 amide bonds. The minimum atomic E-state index is -0.851. The second-order valence-electron chi connectivity index (χ2n) is 6.36. The van der Waals surface area contributed by atoms with Crippen molar-refractivity contribution in [3.8, 4) is 5.75 Å². The maximum absolute atomic E-state index is 13.1. The van der Waals surface area contributed by atoms with Gasteiger partial charge in [0.1, 0.15) is 11.6 Å². The predicted octanol–water partition coefficient (Wildman–Crippen LogP) is 2.53. The molecule has 0 fully saturated rings. The van der Waals surface area contributed by atoms with Crippen LogP contribution < -0.4 is 5.32 Å². The summed E-state index contributed by atoms with van der Waals surface area (Å²) in [5, 5.41) is 21.7. The average molecular weight is 331 g/mol. The molecule has 24 heavy (non-hydrogen) atoms. The number of benzene rings is 2. The lowest BCUT2D eigenvalue weighted by atomic mass is 9.83. The summed E-state index contributed by atoms with van der Waals surface area (Å²) < 4.78 is 13.1. The van der Waals surface area contributed by atoms with E-state index in [2.05, 4.69) is 5.32 Å². The van der Waals surface area contributed by atoms with E-state index in [-0.39, 0.29) is 24.1 Å². The van der Waals surface area contributed by atoms with Crippen molar-refractivity contribution in [2.45, 2.75) is 31.7 Å². The van der Waals surface area contributed by atoms with E-state index in [1.807, 2.05) is 0 Å². The van der Waals surface area contributed by atoms with Gasteiger partial charge in [-0.25, -0.2) is 4.39 Å². The first-order valence-electron chi connectivity index (χ1n) is 7.78. The van der Waals surface area contributed by atoms with E-state index in [1.165, 1.54) is 12.1 Å². The van der Waals surface area contributed by atoms with Gasteiger partial charge in [-0.1, -0.05) is 24.3 Å². The molecule has 0 radical (unpaired) electrons. The first kappa shape index (κ1) is 17.9. The number of nitrogens with one attached hydrogen (secondary N) is 1. The molecule has 5 heteroatoms. The summed E-state index contributed by atoms with van der Waals surface area (Å²) in [5.74, 6) is -0.428. The van der Waals surface area contributed by atoms with E-state index in [0.717, 1.165) is 5.56 Å². The summed E-state index contributed by atoms with van der Waals surface area (Å²) in [6.07, 6.45) is 0.446. The van der Waals surface area contributed by atoms with Gasteiger partial charge in [0.25, 0.3) is 0 Å². The quantitative estimate of drug-likeness (QED) is 0.762. The van der Waals surface area contributed by atoms with Crippen LogP contribution in [0.4, 0.5) is 4.39 Å². The zero-order valence-electron chi connectivity index (χ0n) is 13.8. The van der Waals surface area contributed by atoms with Gasteiger partial charge in [-0.15, -0.1) is 0 Å². The van der Waals surface area contributed by atoms with Crippen molar-refractivity contribution in [3.05, 3.63) is 65.5 Å². The van der Waals surface area contributed by atoms with Gasteiger partial charge in [0.2, 0.25) is 5.91 Å². The molecule has 2 aromatic carbocycles. The van der Waals surface area contributed by atoms with Crippen molar-refractivity contribution >= 4 is 5.91 Å². The third kappa shape index (κ3) is 4.32. The summed E-state index contributed by atoms with van der Waals surface area (Å²) in [7, 11) is 0. The van der Waals surface area contributed by atoms with E-state index >= 15 is 0 Å². The predicted molar refractivity (Wildman–Crippen MR) is 90.3 cm³/mol. The number of amides is 1. The lowest BCUT2D eigenvalue weighted by molar-refractivity contribution is -0.126. The van der Waals surface area contributed by atoms with Crippen LogP contribution in [-0.2, 0) is 16.6 Å². The van der Waals surface area contributed by atoms with Crippen LogP contribution in [0.5, 0.6) is 5.75 Å². The molecule has 0 aliphatic rings. The number of carbonyl (C=O) groups is 1. The summed E-state index contributed by atoms with van der Waals surface area (Å²) in [6, 6.07) is 12.0. The molecule has 0 spiro atoms. The number of hydrogen-bond acceptors (Lipinski definition) is 3. The molecule has 3 N–H and O–H groups in total. The summed E-state index contributed by atoms with van der Waals surface area (Å²) in [6.45, 7) is 3.31. The number of aliphatic hydroxyl groups excluding tert-OH is 1. The molecule has 1 atom stereocenters. The lowest BCUT2D eigenvalue weighted by Crippen LogP contribution is -2.47. The highest BCUT2D eigenvalue weighted by molar-refractivity contribution is 5.87. The number of hydrogen-bond donors (Lipinski definition) is 3. The number of aromatic hydroxyl groups is 1. The maximum Gasteiger partial charge on any atom is 0.230 e. The Morgan fingerprint density at radius 3 is 2.25 bits per heavy atom. The number of halogens is 1. The smallest absolute Gasteiger partial charge is 0.230 e. The standard InChI is InChI=1S/C19H22FNO3/c1-19(2,14-5-7-15(20)8-6-14)18(24)21-16(12-22)11-13-3-9-17(23)10-4-13/h3-10,16,22-23H,11-12H2,1-2H3,(H,21,24)/t16-/m0/s1. The first-order chi connectivity index (χ1) is 11.3. The third-order valence-corrected chi connectivity index (χ3v) is 4.11. The van der Waals surface area contributed by atoms with Crippen molar-refractivity contribution in [2.24, 2.45) is 0 Å². The molecule has 0 heterocycles. The largest absolute Gasteiger partial charge is 0.508 e. The minimum absolute atomic E-state index is 0.167. The monoisotopic (exact) mass is 331 g/mol. The Morgan fingerprint density at radius 2 is 1.71 bits per heavy atom. The number of rotatable bonds is 6. The van der Waals surface area contributed by atoms with Crippen molar-refractivity contribution in [2.75, 3.05) is 6.61 Å². The Morgan fingerprint density at radius 1 is 1.12 bits per heavy atom. The van der Waals surface area contributed by atoms with Gasteiger partial charge in [0, 0.05) is 0 Å². The molecule has 4 nitrogen and oxygen atoms in total. The zero-order chi connectivity index (χ0) is 17.7. The van der Waals surface area contributed by atoms with Gasteiger partial charge < -0.3 is 15.5 Å². The van der Waals surface area contributed by atoms with Gasteiger partial charge in [0.05, 0.1) is 18.1 Å². The fourth-order valence-corrected chi connectivity index (χ4v) is 2.44. The molecule has 0 aromatic heterocycles.